The number of rotatable bonds is 1. The van der Waals surface area contributed by atoms with E-state index in [-0.39, 0.29) is 5.15 Å². The molecule has 1 aromatic carbocycles. The van der Waals surface area contributed by atoms with Crippen LogP contribution in [0.15, 0.2) is 24.4 Å². The van der Waals surface area contributed by atoms with Gasteiger partial charge in [-0.1, -0.05) is 34.8 Å². The molecule has 0 radical (unpaired) electrons. The average molecular weight is 273 g/mol. The molecule has 0 bridgehead atoms. The molecule has 0 N–H and O–H groups in total. The first-order valence-corrected chi connectivity index (χ1v) is 5.36. The van der Waals surface area contributed by atoms with Gasteiger partial charge in [0.25, 0.3) is 0 Å². The molecule has 2 rings (SSSR count). The molecule has 3 nitrogen and oxygen atoms in total. The number of nitrogens with zero attached hydrogens (tertiary/aromatic N) is 3. The van der Waals surface area contributed by atoms with E-state index in [0.717, 1.165) is 0 Å². The number of halogens is 3. The minimum atomic E-state index is 0.228. The van der Waals surface area contributed by atoms with Gasteiger partial charge in [-0.15, -0.1) is 0 Å². The summed E-state index contributed by atoms with van der Waals surface area (Å²) in [5.74, 6) is 0. The van der Waals surface area contributed by atoms with Crippen molar-refractivity contribution in [1.82, 2.24) is 9.78 Å². The van der Waals surface area contributed by atoms with E-state index in [9.17, 15) is 0 Å². The first-order chi connectivity index (χ1) is 7.63. The summed E-state index contributed by atoms with van der Waals surface area (Å²) in [4.78, 5) is 0. The van der Waals surface area contributed by atoms with Crippen LogP contribution in [0.1, 0.15) is 5.56 Å². The summed E-state index contributed by atoms with van der Waals surface area (Å²) in [7, 11) is 0. The quantitative estimate of drug-likeness (QED) is 0.794. The molecule has 0 spiro atoms. The first-order valence-electron chi connectivity index (χ1n) is 4.22. The third kappa shape index (κ3) is 1.88. The topological polar surface area (TPSA) is 41.6 Å². The fraction of sp³-hybridized carbons (Fsp3) is 0. The van der Waals surface area contributed by atoms with Gasteiger partial charge in [-0.2, -0.15) is 10.4 Å². The van der Waals surface area contributed by atoms with Crippen LogP contribution in [-0.4, -0.2) is 9.78 Å². The van der Waals surface area contributed by atoms with E-state index < -0.39 is 0 Å². The lowest BCUT2D eigenvalue weighted by Gasteiger charge is -2.05. The highest BCUT2D eigenvalue weighted by Crippen LogP contribution is 2.27. The molecular weight excluding hydrogens is 268 g/mol. The predicted molar refractivity (Wildman–Crippen MR) is 63.3 cm³/mol. The van der Waals surface area contributed by atoms with Gasteiger partial charge in [0, 0.05) is 5.02 Å². The van der Waals surface area contributed by atoms with Crippen LogP contribution >= 0.6 is 34.8 Å². The van der Waals surface area contributed by atoms with Gasteiger partial charge in [-0.05, 0) is 18.2 Å². The van der Waals surface area contributed by atoms with Crippen molar-refractivity contribution >= 4 is 34.8 Å². The lowest BCUT2D eigenvalue weighted by molar-refractivity contribution is 0.881. The van der Waals surface area contributed by atoms with Crippen molar-refractivity contribution in [2.45, 2.75) is 0 Å². The Balaban J connectivity index is 2.60. The van der Waals surface area contributed by atoms with Gasteiger partial charge in [0.05, 0.1) is 16.9 Å². The maximum Gasteiger partial charge on any atom is 0.150 e. The standard InChI is InChI=1S/C10H4Cl3N3/c11-7-1-2-9(8(12)3-7)16-10(13)6(4-14)5-15-16/h1-3,5H. The molecule has 0 unspecified atom stereocenters. The summed E-state index contributed by atoms with van der Waals surface area (Å²) in [5, 5.41) is 13.9. The largest absolute Gasteiger partial charge is 0.219 e. The van der Waals surface area contributed by atoms with Crippen molar-refractivity contribution in [1.29, 1.82) is 5.26 Å². The molecule has 0 saturated heterocycles. The molecular formula is C10H4Cl3N3. The van der Waals surface area contributed by atoms with Crippen LogP contribution in [0.5, 0.6) is 0 Å². The van der Waals surface area contributed by atoms with E-state index in [1.807, 2.05) is 6.07 Å². The van der Waals surface area contributed by atoms with Gasteiger partial charge in [0.2, 0.25) is 0 Å². The van der Waals surface area contributed by atoms with E-state index in [0.29, 0.717) is 21.3 Å². The van der Waals surface area contributed by atoms with Crippen LogP contribution < -0.4 is 0 Å². The molecule has 0 saturated carbocycles. The highest BCUT2D eigenvalue weighted by Gasteiger charge is 2.12. The van der Waals surface area contributed by atoms with Gasteiger partial charge in [0.15, 0.2) is 5.15 Å². The van der Waals surface area contributed by atoms with Crippen LogP contribution in [0.25, 0.3) is 5.69 Å². The Hall–Kier alpha value is -1.21. The number of hydrogen-bond donors (Lipinski definition) is 0. The SMILES string of the molecule is N#Cc1cnn(-c2ccc(Cl)cc2Cl)c1Cl. The van der Waals surface area contributed by atoms with Crippen molar-refractivity contribution in [3.05, 3.63) is 45.2 Å². The molecule has 0 aliphatic carbocycles. The molecule has 1 aromatic heterocycles. The molecule has 80 valence electrons. The molecule has 16 heavy (non-hydrogen) atoms. The molecule has 1 heterocycles. The fourth-order valence-corrected chi connectivity index (χ4v) is 1.94. The van der Waals surface area contributed by atoms with Crippen LogP contribution in [0.4, 0.5) is 0 Å². The number of nitriles is 1. The van der Waals surface area contributed by atoms with Gasteiger partial charge < -0.3 is 0 Å². The highest BCUT2D eigenvalue weighted by molar-refractivity contribution is 6.36. The lowest BCUT2D eigenvalue weighted by atomic mass is 10.3. The van der Waals surface area contributed by atoms with Crippen LogP contribution in [-0.2, 0) is 0 Å². The second-order valence-corrected chi connectivity index (χ2v) is 4.17. The third-order valence-electron chi connectivity index (χ3n) is 1.97. The zero-order chi connectivity index (χ0) is 11.7. The van der Waals surface area contributed by atoms with E-state index >= 15 is 0 Å². The van der Waals surface area contributed by atoms with Crippen LogP contribution in [0, 0.1) is 11.3 Å². The van der Waals surface area contributed by atoms with Gasteiger partial charge in [-0.3, -0.25) is 0 Å². The number of hydrogen-bond acceptors (Lipinski definition) is 2. The summed E-state index contributed by atoms with van der Waals surface area (Å²) in [5.41, 5.74) is 0.880. The van der Waals surface area contributed by atoms with Crippen molar-refractivity contribution in [2.24, 2.45) is 0 Å². The monoisotopic (exact) mass is 271 g/mol. The smallest absolute Gasteiger partial charge is 0.150 e. The summed E-state index contributed by atoms with van der Waals surface area (Å²) < 4.78 is 1.39. The summed E-state index contributed by atoms with van der Waals surface area (Å²) in [6, 6.07) is 6.88. The molecule has 0 fully saturated rings. The highest BCUT2D eigenvalue weighted by atomic mass is 35.5. The summed E-state index contributed by atoms with van der Waals surface area (Å²) >= 11 is 17.7. The Morgan fingerprint density at radius 3 is 2.56 bits per heavy atom. The number of aromatic nitrogens is 2. The Morgan fingerprint density at radius 2 is 2.00 bits per heavy atom. The van der Waals surface area contributed by atoms with Crippen LogP contribution in [0.3, 0.4) is 0 Å². The minimum absolute atomic E-state index is 0.228. The maximum absolute atomic E-state index is 8.75. The normalized spacial score (nSPS) is 10.1. The second-order valence-electron chi connectivity index (χ2n) is 2.97. The summed E-state index contributed by atoms with van der Waals surface area (Å²) in [6.45, 7) is 0. The van der Waals surface area contributed by atoms with Gasteiger partial charge in [-0.25, -0.2) is 4.68 Å². The predicted octanol–water partition coefficient (Wildman–Crippen LogP) is 3.70. The Kier molecular flexibility index (Phi) is 3.06. The zero-order valence-corrected chi connectivity index (χ0v) is 10.1. The van der Waals surface area contributed by atoms with E-state index in [2.05, 4.69) is 5.10 Å². The van der Waals surface area contributed by atoms with Gasteiger partial charge in [0.1, 0.15) is 11.6 Å². The number of benzene rings is 1. The molecule has 0 aliphatic heterocycles. The van der Waals surface area contributed by atoms with Crippen molar-refractivity contribution in [2.75, 3.05) is 0 Å². The molecule has 0 amide bonds. The maximum atomic E-state index is 8.75. The Labute approximate surface area is 107 Å². The molecule has 2 aromatic rings. The first kappa shape index (κ1) is 11.3. The van der Waals surface area contributed by atoms with Crippen LogP contribution in [0.2, 0.25) is 15.2 Å². The molecule has 0 atom stereocenters. The Bertz CT molecular complexity index is 583. The van der Waals surface area contributed by atoms with Crippen molar-refractivity contribution in [3.63, 3.8) is 0 Å². The average Bonchev–Trinajstić information content (AvgIpc) is 2.60. The second kappa shape index (κ2) is 4.34. The third-order valence-corrected chi connectivity index (χ3v) is 2.87. The Morgan fingerprint density at radius 1 is 1.25 bits per heavy atom. The minimum Gasteiger partial charge on any atom is -0.219 e. The van der Waals surface area contributed by atoms with E-state index in [1.165, 1.54) is 10.9 Å². The lowest BCUT2D eigenvalue weighted by Crippen LogP contribution is -1.97. The van der Waals surface area contributed by atoms with Crippen molar-refractivity contribution in [3.8, 4) is 11.8 Å². The molecule has 6 heteroatoms. The van der Waals surface area contributed by atoms with Gasteiger partial charge >= 0.3 is 0 Å². The zero-order valence-electron chi connectivity index (χ0n) is 7.78. The molecule has 0 aliphatic rings. The summed E-state index contributed by atoms with van der Waals surface area (Å²) in [6.07, 6.45) is 1.38. The van der Waals surface area contributed by atoms with E-state index in [1.54, 1.807) is 18.2 Å². The fourth-order valence-electron chi connectivity index (χ4n) is 1.23. The van der Waals surface area contributed by atoms with E-state index in [4.69, 9.17) is 40.1 Å². The van der Waals surface area contributed by atoms with Crippen molar-refractivity contribution < 1.29 is 0 Å².